The highest BCUT2D eigenvalue weighted by molar-refractivity contribution is 7.99. The Morgan fingerprint density at radius 2 is 1.36 bits per heavy atom. The highest BCUT2D eigenvalue weighted by atomic mass is 32.2. The Morgan fingerprint density at radius 3 is 2.03 bits per heavy atom. The van der Waals surface area contributed by atoms with Crippen molar-refractivity contribution < 1.29 is 51.9 Å². The molecule has 7 rings (SSSR count). The molecule has 5 N–H and O–H groups in total. The molecule has 6 aromatic carbocycles. The summed E-state index contributed by atoms with van der Waals surface area (Å²) in [6.45, 7) is 4.51. The minimum Gasteiger partial charge on any atom is -0.497 e. The van der Waals surface area contributed by atoms with Crippen molar-refractivity contribution in [3.8, 4) is 23.0 Å². The summed E-state index contributed by atoms with van der Waals surface area (Å²) in [6, 6.07) is 42.8. The van der Waals surface area contributed by atoms with E-state index in [4.69, 9.17) is 23.3 Å². The number of anilines is 2. The molecule has 1 aliphatic rings. The fraction of sp³-hybridized carbons (Fsp3) is 0.216. The monoisotopic (exact) mass is 973 g/mol. The van der Waals surface area contributed by atoms with Crippen molar-refractivity contribution in [1.29, 1.82) is 0 Å². The van der Waals surface area contributed by atoms with Crippen LogP contribution in [0.1, 0.15) is 42.7 Å². The number of nitrogens with zero attached hydrogens (tertiary/aromatic N) is 1. The lowest BCUT2D eigenvalue weighted by Gasteiger charge is -2.30. The molecule has 0 aromatic heterocycles. The van der Waals surface area contributed by atoms with Gasteiger partial charge in [-0.15, -0.1) is 11.8 Å². The van der Waals surface area contributed by atoms with Crippen LogP contribution in [0.5, 0.6) is 23.0 Å². The maximum absolute atomic E-state index is 15.1. The van der Waals surface area contributed by atoms with E-state index in [2.05, 4.69) is 21.5 Å². The highest BCUT2D eigenvalue weighted by Gasteiger charge is 2.41. The molecule has 0 aliphatic carbocycles. The topological polar surface area (TPSA) is 203 Å². The zero-order chi connectivity index (χ0) is 49.0. The number of nitrogens with one attached hydrogen (secondary N) is 4. The summed E-state index contributed by atoms with van der Waals surface area (Å²) in [5.74, 6) is 0.0658. The first kappa shape index (κ1) is 49.8. The molecule has 6 aromatic rings. The number of ether oxygens (including phenoxy) is 3. The maximum Gasteiger partial charge on any atom is 0.527 e. The largest absolute Gasteiger partial charge is 0.527 e. The smallest absolute Gasteiger partial charge is 0.497 e. The van der Waals surface area contributed by atoms with Gasteiger partial charge in [-0.05, 0) is 117 Å². The van der Waals surface area contributed by atoms with Gasteiger partial charge in [0.25, 0.3) is 5.91 Å². The van der Waals surface area contributed by atoms with Crippen LogP contribution in [0.2, 0.25) is 0 Å². The Hall–Kier alpha value is -7.14. The number of amides is 4. The highest BCUT2D eigenvalue weighted by Crippen LogP contribution is 2.47. The first-order chi connectivity index (χ1) is 33.1. The summed E-state index contributed by atoms with van der Waals surface area (Å²) in [6.07, 6.45) is -0.923. The van der Waals surface area contributed by atoms with Crippen LogP contribution in [0.25, 0.3) is 0 Å². The molecule has 0 fully saturated rings. The van der Waals surface area contributed by atoms with Crippen molar-refractivity contribution >= 4 is 54.8 Å². The molecule has 1 unspecified atom stereocenters. The van der Waals surface area contributed by atoms with Gasteiger partial charge in [-0.2, -0.15) is 0 Å². The molecule has 18 heteroatoms. The maximum atomic E-state index is 15.1. The third-order valence-corrected chi connectivity index (χ3v) is 12.6. The van der Waals surface area contributed by atoms with Crippen LogP contribution in [0.3, 0.4) is 0 Å². The average Bonchev–Trinajstić information content (AvgIpc) is 3.44. The molecule has 0 radical (unpaired) electrons. The zero-order valence-corrected chi connectivity index (χ0v) is 39.9. The van der Waals surface area contributed by atoms with E-state index < -0.39 is 61.1 Å². The molecule has 4 amide bonds. The Morgan fingerprint density at radius 1 is 0.754 bits per heavy atom. The molecular weight excluding hydrogens is 922 g/mol. The summed E-state index contributed by atoms with van der Waals surface area (Å²) in [5.41, 5.74) is 7.20. The van der Waals surface area contributed by atoms with Crippen molar-refractivity contribution in [3.63, 3.8) is 0 Å². The molecular formula is C51H52N5O11PS. The summed E-state index contributed by atoms with van der Waals surface area (Å²) >= 11 is 1.34. The number of benzene rings is 6. The van der Waals surface area contributed by atoms with E-state index in [0.29, 0.717) is 50.2 Å². The SMILES string of the molecule is COc1ccc([C@@H]2Sc3ccccc3N(CC(=O)Nc3ccc(Oc4ccccc4)cc3)C(=O)[C@H]2NC(=O)[C@H](Cc2ccc(OP(=O)(O)OCc3ccccc3)cc2)NNC(=O)OC(C)(C)C)cc1. The Kier molecular flexibility index (Phi) is 16.4. The predicted octanol–water partition coefficient (Wildman–Crippen LogP) is 9.13. The second kappa shape index (κ2) is 22.8. The first-order valence-electron chi connectivity index (χ1n) is 21.8. The van der Waals surface area contributed by atoms with Crippen LogP contribution >= 0.6 is 19.6 Å². The Balaban J connectivity index is 1.13. The molecule has 0 bridgehead atoms. The van der Waals surface area contributed by atoms with Crippen LogP contribution in [-0.4, -0.2) is 60.0 Å². The summed E-state index contributed by atoms with van der Waals surface area (Å²) < 4.78 is 40.0. The molecule has 69 heavy (non-hydrogen) atoms. The van der Waals surface area contributed by atoms with Crippen molar-refractivity contribution in [2.24, 2.45) is 0 Å². The van der Waals surface area contributed by atoms with Crippen LogP contribution in [0.4, 0.5) is 16.2 Å². The van der Waals surface area contributed by atoms with Gasteiger partial charge in [0.1, 0.15) is 47.2 Å². The third kappa shape index (κ3) is 14.4. The van der Waals surface area contributed by atoms with Crippen molar-refractivity contribution in [2.45, 2.75) is 61.6 Å². The molecule has 1 aliphatic heterocycles. The number of phosphoric acid groups is 1. The van der Waals surface area contributed by atoms with E-state index in [0.717, 1.165) is 0 Å². The lowest BCUT2D eigenvalue weighted by Crippen LogP contribution is -2.58. The van der Waals surface area contributed by atoms with E-state index >= 15 is 4.79 Å². The Bertz CT molecular complexity index is 2750. The van der Waals surface area contributed by atoms with Gasteiger partial charge in [-0.1, -0.05) is 84.9 Å². The third-order valence-electron chi connectivity index (χ3n) is 10.3. The van der Waals surface area contributed by atoms with Crippen molar-refractivity contribution in [3.05, 3.63) is 174 Å². The number of fused-ring (bicyclic) bond motifs is 1. The first-order valence-corrected chi connectivity index (χ1v) is 24.2. The second-order valence-electron chi connectivity index (χ2n) is 16.7. The minimum atomic E-state index is -4.52. The van der Waals surface area contributed by atoms with Crippen LogP contribution in [0.15, 0.2) is 163 Å². The van der Waals surface area contributed by atoms with E-state index in [1.807, 2.05) is 48.5 Å². The predicted molar refractivity (Wildman–Crippen MR) is 262 cm³/mol. The zero-order valence-electron chi connectivity index (χ0n) is 38.2. The fourth-order valence-electron chi connectivity index (χ4n) is 7.06. The summed E-state index contributed by atoms with van der Waals surface area (Å²) in [5, 5.41) is 5.12. The van der Waals surface area contributed by atoms with Crippen LogP contribution in [-0.2, 0) is 41.2 Å². The normalized spacial score (nSPS) is 15.8. The number of methoxy groups -OCH3 is 1. The van der Waals surface area contributed by atoms with Crippen LogP contribution in [0, 0.1) is 0 Å². The molecule has 0 saturated heterocycles. The van der Waals surface area contributed by atoms with Gasteiger partial charge < -0.3 is 34.3 Å². The number of phosphoric ester groups is 1. The number of hydrazine groups is 1. The number of carbonyl (C=O) groups is 4. The number of hydrogen-bond donors (Lipinski definition) is 5. The van der Waals surface area contributed by atoms with E-state index in [1.165, 1.54) is 28.8 Å². The lowest BCUT2D eigenvalue weighted by molar-refractivity contribution is -0.129. The summed E-state index contributed by atoms with van der Waals surface area (Å²) in [7, 11) is -2.98. The Labute approximate surface area is 404 Å². The fourth-order valence-corrected chi connectivity index (χ4v) is 9.15. The molecule has 1 heterocycles. The van der Waals surface area contributed by atoms with Gasteiger partial charge >= 0.3 is 13.9 Å². The van der Waals surface area contributed by atoms with Crippen molar-refractivity contribution in [1.82, 2.24) is 16.2 Å². The lowest BCUT2D eigenvalue weighted by atomic mass is 10.0. The van der Waals surface area contributed by atoms with Gasteiger partial charge in [0.15, 0.2) is 0 Å². The van der Waals surface area contributed by atoms with E-state index in [1.54, 1.807) is 125 Å². The van der Waals surface area contributed by atoms with Gasteiger partial charge in [0.2, 0.25) is 11.8 Å². The molecule has 358 valence electrons. The van der Waals surface area contributed by atoms with Crippen molar-refractivity contribution in [2.75, 3.05) is 23.9 Å². The van der Waals surface area contributed by atoms with Gasteiger partial charge in [0.05, 0.1) is 24.7 Å². The second-order valence-corrected chi connectivity index (χ2v) is 19.2. The molecule has 4 atom stereocenters. The number of thioether (sulfide) groups is 1. The molecule has 16 nitrogen and oxygen atoms in total. The number of hydrogen-bond acceptors (Lipinski definition) is 12. The average molecular weight is 974 g/mol. The van der Waals surface area contributed by atoms with Gasteiger partial charge in [-0.3, -0.25) is 29.2 Å². The minimum absolute atomic E-state index is 0.0275. The van der Waals surface area contributed by atoms with Gasteiger partial charge in [-0.25, -0.2) is 14.8 Å². The van der Waals surface area contributed by atoms with E-state index in [9.17, 15) is 23.8 Å². The van der Waals surface area contributed by atoms with Crippen LogP contribution < -0.4 is 40.4 Å². The summed E-state index contributed by atoms with van der Waals surface area (Å²) in [4.78, 5) is 69.1. The number of rotatable bonds is 18. The number of carbonyl (C=O) groups excluding carboxylic acids is 4. The quantitative estimate of drug-likeness (QED) is 0.0403. The molecule has 0 saturated carbocycles. The van der Waals surface area contributed by atoms with E-state index in [-0.39, 0.29) is 18.8 Å². The number of para-hydroxylation sites is 2. The molecule has 0 spiro atoms. The standard InChI is InChI=1S/C51H52N5O11PS/c1-51(2,3)66-50(60)55-54-42(31-34-19-25-41(26-20-34)67-68(61,62)64-33-35-13-7-5-8-14-35)48(58)53-46-47(36-21-27-38(63-4)28-22-36)69-44-18-12-11-17-43(44)56(49(46)59)32-45(57)52-37-23-29-40(30-24-37)65-39-15-9-6-10-16-39/h5-30,42,46-47,54H,31-33H2,1-4H3,(H,52,57)(H,53,58)(H,55,60)(H,61,62)/t42-,46-,47-/m0/s1. The van der Waals surface area contributed by atoms with Gasteiger partial charge in [0, 0.05) is 10.6 Å².